The number of nitrogens with zero attached hydrogens (tertiary/aromatic N) is 1. The molecule has 0 bridgehead atoms. The highest BCUT2D eigenvalue weighted by Gasteiger charge is 2.21. The summed E-state index contributed by atoms with van der Waals surface area (Å²) in [5.41, 5.74) is 1.42. The van der Waals surface area contributed by atoms with Crippen LogP contribution in [0.4, 0.5) is 13.2 Å². The summed E-state index contributed by atoms with van der Waals surface area (Å²) in [5.74, 6) is -2.21. The number of amides is 1. The van der Waals surface area contributed by atoms with Gasteiger partial charge in [0.05, 0.1) is 12.6 Å². The van der Waals surface area contributed by atoms with Gasteiger partial charge in [-0.2, -0.15) is 0 Å². The van der Waals surface area contributed by atoms with Crippen LogP contribution in [0.3, 0.4) is 0 Å². The van der Waals surface area contributed by atoms with E-state index in [-0.39, 0.29) is 36.3 Å². The van der Waals surface area contributed by atoms with E-state index in [0.29, 0.717) is 5.56 Å². The van der Waals surface area contributed by atoms with Crippen molar-refractivity contribution in [1.29, 1.82) is 0 Å². The van der Waals surface area contributed by atoms with Crippen molar-refractivity contribution >= 4 is 5.91 Å². The number of rotatable bonds is 7. The number of carbonyl (C=O) groups excluding carboxylic acids is 1. The highest BCUT2D eigenvalue weighted by atomic mass is 19.2. The molecule has 6 heteroatoms. The maximum Gasteiger partial charge on any atom is 0.234 e. The van der Waals surface area contributed by atoms with Gasteiger partial charge < -0.3 is 5.32 Å². The molecule has 0 fully saturated rings. The first-order chi connectivity index (χ1) is 12.7. The number of hydrogen-bond acceptors (Lipinski definition) is 2. The normalized spacial score (nSPS) is 13.7. The zero-order chi connectivity index (χ0) is 20.1. The van der Waals surface area contributed by atoms with Crippen molar-refractivity contribution in [3.8, 4) is 0 Å². The van der Waals surface area contributed by atoms with Gasteiger partial charge in [0, 0.05) is 6.04 Å². The lowest BCUT2D eigenvalue weighted by molar-refractivity contribution is -0.123. The Bertz CT molecular complexity index is 777. The van der Waals surface area contributed by atoms with Crippen molar-refractivity contribution in [2.75, 3.05) is 13.6 Å². The average molecular weight is 378 g/mol. The SMILES string of the molecule is CC(C)C(NC(=O)CN(C)C(C)c1ccc(F)c(F)c1)c1ccc(F)cc1. The molecule has 0 saturated heterocycles. The molecule has 2 atom stereocenters. The Morgan fingerprint density at radius 2 is 1.56 bits per heavy atom. The predicted octanol–water partition coefficient (Wildman–Crippen LogP) is 4.61. The maximum atomic E-state index is 13.4. The Morgan fingerprint density at radius 3 is 2.11 bits per heavy atom. The number of hydrogen-bond donors (Lipinski definition) is 1. The molecule has 2 aromatic rings. The summed E-state index contributed by atoms with van der Waals surface area (Å²) < 4.78 is 39.7. The van der Waals surface area contributed by atoms with Crippen LogP contribution in [0.5, 0.6) is 0 Å². The molecule has 2 aromatic carbocycles. The van der Waals surface area contributed by atoms with Crippen LogP contribution in [0, 0.1) is 23.4 Å². The largest absolute Gasteiger partial charge is 0.348 e. The van der Waals surface area contributed by atoms with Crippen molar-refractivity contribution in [2.24, 2.45) is 5.92 Å². The van der Waals surface area contributed by atoms with Gasteiger partial charge in [0.25, 0.3) is 0 Å². The van der Waals surface area contributed by atoms with Crippen molar-refractivity contribution in [3.05, 3.63) is 71.0 Å². The summed E-state index contributed by atoms with van der Waals surface area (Å²) in [4.78, 5) is 14.3. The molecular weight excluding hydrogens is 353 g/mol. The molecule has 146 valence electrons. The van der Waals surface area contributed by atoms with E-state index in [9.17, 15) is 18.0 Å². The lowest BCUT2D eigenvalue weighted by atomic mass is 9.96. The van der Waals surface area contributed by atoms with Gasteiger partial charge in [0.1, 0.15) is 5.82 Å². The second-order valence-electron chi connectivity index (χ2n) is 7.11. The monoisotopic (exact) mass is 378 g/mol. The molecule has 0 saturated carbocycles. The third-order valence-electron chi connectivity index (χ3n) is 4.69. The molecule has 27 heavy (non-hydrogen) atoms. The minimum absolute atomic E-state index is 0.0879. The highest BCUT2D eigenvalue weighted by molar-refractivity contribution is 5.78. The Kier molecular flexibility index (Phi) is 7.02. The van der Waals surface area contributed by atoms with E-state index in [1.165, 1.54) is 18.2 Å². The smallest absolute Gasteiger partial charge is 0.234 e. The minimum atomic E-state index is -0.909. The van der Waals surface area contributed by atoms with E-state index >= 15 is 0 Å². The van der Waals surface area contributed by atoms with Crippen molar-refractivity contribution in [1.82, 2.24) is 10.2 Å². The van der Waals surface area contributed by atoms with Crippen LogP contribution in [-0.2, 0) is 4.79 Å². The molecule has 2 rings (SSSR count). The number of carbonyl (C=O) groups is 1. The van der Waals surface area contributed by atoms with Gasteiger partial charge in [-0.15, -0.1) is 0 Å². The first kappa shape index (κ1) is 21.0. The lowest BCUT2D eigenvalue weighted by Crippen LogP contribution is -2.39. The number of nitrogens with one attached hydrogen (secondary N) is 1. The Morgan fingerprint density at radius 1 is 0.963 bits per heavy atom. The van der Waals surface area contributed by atoms with Gasteiger partial charge >= 0.3 is 0 Å². The zero-order valence-electron chi connectivity index (χ0n) is 16.0. The van der Waals surface area contributed by atoms with Crippen molar-refractivity contribution in [2.45, 2.75) is 32.9 Å². The number of benzene rings is 2. The van der Waals surface area contributed by atoms with Crippen LogP contribution < -0.4 is 5.32 Å². The molecule has 0 spiro atoms. The molecule has 0 aliphatic rings. The third kappa shape index (κ3) is 5.57. The molecule has 0 heterocycles. The second kappa shape index (κ2) is 9.04. The second-order valence-corrected chi connectivity index (χ2v) is 7.11. The fraction of sp³-hybridized carbons (Fsp3) is 0.381. The Hall–Kier alpha value is -2.34. The van der Waals surface area contributed by atoms with Crippen LogP contribution in [0.1, 0.15) is 44.0 Å². The molecule has 2 unspecified atom stereocenters. The fourth-order valence-corrected chi connectivity index (χ4v) is 2.91. The van der Waals surface area contributed by atoms with Gasteiger partial charge in [-0.25, -0.2) is 13.2 Å². The Labute approximate surface area is 158 Å². The topological polar surface area (TPSA) is 32.3 Å². The summed E-state index contributed by atoms with van der Waals surface area (Å²) in [7, 11) is 1.74. The van der Waals surface area contributed by atoms with Crippen LogP contribution in [0.2, 0.25) is 0 Å². The molecule has 0 aromatic heterocycles. The zero-order valence-corrected chi connectivity index (χ0v) is 16.0. The summed E-state index contributed by atoms with van der Waals surface area (Å²) >= 11 is 0. The van der Waals surface area contributed by atoms with E-state index < -0.39 is 11.6 Å². The molecular formula is C21H25F3N2O. The van der Waals surface area contributed by atoms with E-state index in [1.807, 2.05) is 20.8 Å². The molecule has 0 aliphatic carbocycles. The van der Waals surface area contributed by atoms with E-state index in [0.717, 1.165) is 17.7 Å². The van der Waals surface area contributed by atoms with E-state index in [4.69, 9.17) is 0 Å². The quantitative estimate of drug-likeness (QED) is 0.763. The standard InChI is InChI=1S/C21H25F3N2O/c1-13(2)21(15-5-8-17(22)9-6-15)25-20(27)12-26(4)14(3)16-7-10-18(23)19(24)11-16/h5-11,13-14,21H,12H2,1-4H3,(H,25,27). The van der Waals surface area contributed by atoms with Gasteiger partial charge in [-0.1, -0.05) is 32.0 Å². The average Bonchev–Trinajstić information content (AvgIpc) is 2.62. The minimum Gasteiger partial charge on any atom is -0.348 e. The molecule has 1 amide bonds. The molecule has 1 N–H and O–H groups in total. The van der Waals surface area contributed by atoms with Gasteiger partial charge in [-0.3, -0.25) is 9.69 Å². The summed E-state index contributed by atoms with van der Waals surface area (Å²) in [6.45, 7) is 5.86. The summed E-state index contributed by atoms with van der Waals surface area (Å²) in [6.07, 6.45) is 0. The summed E-state index contributed by atoms with van der Waals surface area (Å²) in [5, 5.41) is 2.97. The molecule has 0 aliphatic heterocycles. The third-order valence-corrected chi connectivity index (χ3v) is 4.69. The fourth-order valence-electron chi connectivity index (χ4n) is 2.91. The predicted molar refractivity (Wildman–Crippen MR) is 99.5 cm³/mol. The van der Waals surface area contributed by atoms with Crippen molar-refractivity contribution < 1.29 is 18.0 Å². The van der Waals surface area contributed by atoms with E-state index in [2.05, 4.69) is 5.32 Å². The van der Waals surface area contributed by atoms with Gasteiger partial charge in [0.15, 0.2) is 11.6 Å². The highest BCUT2D eigenvalue weighted by Crippen LogP contribution is 2.23. The Balaban J connectivity index is 2.03. The van der Waals surface area contributed by atoms with Gasteiger partial charge in [-0.05, 0) is 55.3 Å². The van der Waals surface area contributed by atoms with Crippen LogP contribution in [0.15, 0.2) is 42.5 Å². The lowest BCUT2D eigenvalue weighted by Gasteiger charge is -2.27. The maximum absolute atomic E-state index is 13.4. The summed E-state index contributed by atoms with van der Waals surface area (Å²) in [6, 6.07) is 9.28. The van der Waals surface area contributed by atoms with Crippen LogP contribution in [-0.4, -0.2) is 24.4 Å². The van der Waals surface area contributed by atoms with Crippen LogP contribution >= 0.6 is 0 Å². The van der Waals surface area contributed by atoms with E-state index in [1.54, 1.807) is 24.1 Å². The first-order valence-electron chi connectivity index (χ1n) is 8.89. The van der Waals surface area contributed by atoms with Gasteiger partial charge in [0.2, 0.25) is 5.91 Å². The molecule has 3 nitrogen and oxygen atoms in total. The van der Waals surface area contributed by atoms with Crippen molar-refractivity contribution in [3.63, 3.8) is 0 Å². The molecule has 0 radical (unpaired) electrons. The first-order valence-corrected chi connectivity index (χ1v) is 8.89. The number of likely N-dealkylation sites (N-methyl/N-ethyl adjacent to an activating group) is 1. The van der Waals surface area contributed by atoms with Crippen LogP contribution in [0.25, 0.3) is 0 Å². The number of halogens is 3.